The van der Waals surface area contributed by atoms with Gasteiger partial charge in [0.25, 0.3) is 0 Å². The molecule has 0 aromatic carbocycles. The SMILES string of the molecule is c1cc(C2CC2)c(-c2ncon2)nn1. The molecule has 1 aliphatic carbocycles. The maximum absolute atomic E-state index is 4.70. The number of hydrogen-bond donors (Lipinski definition) is 0. The van der Waals surface area contributed by atoms with Crippen LogP contribution in [0.15, 0.2) is 23.2 Å². The molecule has 0 unspecified atom stereocenters. The van der Waals surface area contributed by atoms with E-state index < -0.39 is 0 Å². The molecular weight excluding hydrogens is 180 g/mol. The molecule has 2 aromatic rings. The Bertz CT molecular complexity index is 436. The fourth-order valence-electron chi connectivity index (χ4n) is 1.51. The van der Waals surface area contributed by atoms with Crippen LogP contribution >= 0.6 is 0 Å². The minimum absolute atomic E-state index is 0.528. The van der Waals surface area contributed by atoms with Crippen molar-refractivity contribution in [3.63, 3.8) is 0 Å². The molecule has 2 aromatic heterocycles. The Morgan fingerprint density at radius 3 is 3.00 bits per heavy atom. The quantitative estimate of drug-likeness (QED) is 0.712. The molecule has 3 rings (SSSR count). The molecule has 1 fully saturated rings. The zero-order chi connectivity index (χ0) is 9.38. The average molecular weight is 188 g/mol. The van der Waals surface area contributed by atoms with E-state index in [2.05, 4.69) is 20.3 Å². The smallest absolute Gasteiger partial charge is 0.222 e. The number of aromatic nitrogens is 4. The first kappa shape index (κ1) is 7.61. The standard InChI is InChI=1S/C9H8N4O/c1-2-6(1)7-3-4-11-12-8(7)9-10-5-14-13-9/h3-6H,1-2H2. The van der Waals surface area contributed by atoms with Crippen LogP contribution in [0.4, 0.5) is 0 Å². The molecule has 0 aliphatic heterocycles. The van der Waals surface area contributed by atoms with Crippen LogP contribution in [0.25, 0.3) is 11.5 Å². The summed E-state index contributed by atoms with van der Waals surface area (Å²) in [4.78, 5) is 3.98. The van der Waals surface area contributed by atoms with E-state index in [1.807, 2.05) is 6.07 Å². The van der Waals surface area contributed by atoms with Crippen LogP contribution in [0.1, 0.15) is 24.3 Å². The van der Waals surface area contributed by atoms with Gasteiger partial charge in [-0.15, -0.1) is 5.10 Å². The third-order valence-electron chi connectivity index (χ3n) is 2.34. The lowest BCUT2D eigenvalue weighted by atomic mass is 10.1. The molecule has 0 bridgehead atoms. The molecule has 1 saturated carbocycles. The Morgan fingerprint density at radius 1 is 1.36 bits per heavy atom. The summed E-state index contributed by atoms with van der Waals surface area (Å²) in [7, 11) is 0. The lowest BCUT2D eigenvalue weighted by Crippen LogP contribution is -1.94. The van der Waals surface area contributed by atoms with E-state index in [4.69, 9.17) is 4.52 Å². The van der Waals surface area contributed by atoms with Gasteiger partial charge < -0.3 is 4.52 Å². The summed E-state index contributed by atoms with van der Waals surface area (Å²) < 4.78 is 4.70. The summed E-state index contributed by atoms with van der Waals surface area (Å²) in [6.07, 6.45) is 5.45. The summed E-state index contributed by atoms with van der Waals surface area (Å²) >= 11 is 0. The van der Waals surface area contributed by atoms with Crippen molar-refractivity contribution in [1.82, 2.24) is 20.3 Å². The molecule has 2 heterocycles. The van der Waals surface area contributed by atoms with E-state index >= 15 is 0 Å². The highest BCUT2D eigenvalue weighted by atomic mass is 16.5. The van der Waals surface area contributed by atoms with Gasteiger partial charge in [-0.3, -0.25) is 0 Å². The first-order valence-electron chi connectivity index (χ1n) is 4.53. The third-order valence-corrected chi connectivity index (χ3v) is 2.34. The van der Waals surface area contributed by atoms with Gasteiger partial charge >= 0.3 is 0 Å². The van der Waals surface area contributed by atoms with Crippen molar-refractivity contribution in [3.05, 3.63) is 24.2 Å². The van der Waals surface area contributed by atoms with E-state index in [0.717, 1.165) is 5.69 Å². The molecule has 1 aliphatic rings. The second-order valence-electron chi connectivity index (χ2n) is 3.36. The molecule has 14 heavy (non-hydrogen) atoms. The van der Waals surface area contributed by atoms with E-state index in [1.54, 1.807) is 6.20 Å². The van der Waals surface area contributed by atoms with Crippen molar-refractivity contribution < 1.29 is 4.52 Å². The topological polar surface area (TPSA) is 64.7 Å². The Morgan fingerprint density at radius 2 is 2.29 bits per heavy atom. The highest BCUT2D eigenvalue weighted by Crippen LogP contribution is 2.42. The molecular formula is C9H8N4O. The van der Waals surface area contributed by atoms with Crippen molar-refractivity contribution in [1.29, 1.82) is 0 Å². The number of nitrogens with zero attached hydrogens (tertiary/aromatic N) is 4. The minimum atomic E-state index is 0.528. The summed E-state index contributed by atoms with van der Waals surface area (Å²) in [6, 6.07) is 1.98. The van der Waals surface area contributed by atoms with Crippen LogP contribution in [-0.4, -0.2) is 20.3 Å². The first-order chi connectivity index (χ1) is 6.95. The number of hydrogen-bond acceptors (Lipinski definition) is 5. The summed E-state index contributed by atoms with van der Waals surface area (Å²) in [5.74, 6) is 1.14. The lowest BCUT2D eigenvalue weighted by Gasteiger charge is -2.00. The van der Waals surface area contributed by atoms with E-state index in [1.165, 1.54) is 24.8 Å². The molecule has 0 spiro atoms. The van der Waals surface area contributed by atoms with Crippen LogP contribution in [0.2, 0.25) is 0 Å². The van der Waals surface area contributed by atoms with Crippen LogP contribution in [0.5, 0.6) is 0 Å². The van der Waals surface area contributed by atoms with Gasteiger partial charge in [0, 0.05) is 6.20 Å². The predicted molar refractivity (Wildman–Crippen MR) is 47.3 cm³/mol. The van der Waals surface area contributed by atoms with Gasteiger partial charge in [0.15, 0.2) is 0 Å². The number of rotatable bonds is 2. The Hall–Kier alpha value is -1.78. The van der Waals surface area contributed by atoms with Crippen LogP contribution in [0, 0.1) is 0 Å². The van der Waals surface area contributed by atoms with Gasteiger partial charge in [-0.05, 0) is 30.4 Å². The fourth-order valence-corrected chi connectivity index (χ4v) is 1.51. The largest absolute Gasteiger partial charge is 0.342 e. The molecule has 0 N–H and O–H groups in total. The van der Waals surface area contributed by atoms with Crippen molar-refractivity contribution >= 4 is 0 Å². The van der Waals surface area contributed by atoms with Gasteiger partial charge in [-0.2, -0.15) is 10.1 Å². The van der Waals surface area contributed by atoms with Crippen LogP contribution in [-0.2, 0) is 0 Å². The van der Waals surface area contributed by atoms with Crippen molar-refractivity contribution in [2.75, 3.05) is 0 Å². The minimum Gasteiger partial charge on any atom is -0.342 e. The monoisotopic (exact) mass is 188 g/mol. The van der Waals surface area contributed by atoms with Gasteiger partial charge in [-0.1, -0.05) is 5.16 Å². The first-order valence-corrected chi connectivity index (χ1v) is 4.53. The maximum Gasteiger partial charge on any atom is 0.222 e. The molecule has 0 atom stereocenters. The predicted octanol–water partition coefficient (Wildman–Crippen LogP) is 1.40. The maximum atomic E-state index is 4.70. The van der Waals surface area contributed by atoms with Crippen LogP contribution < -0.4 is 0 Å². The van der Waals surface area contributed by atoms with Crippen molar-refractivity contribution in [2.45, 2.75) is 18.8 Å². The Labute approximate surface area is 80.2 Å². The molecule has 5 nitrogen and oxygen atoms in total. The lowest BCUT2D eigenvalue weighted by molar-refractivity contribution is 0.418. The second kappa shape index (κ2) is 2.87. The van der Waals surface area contributed by atoms with E-state index in [-0.39, 0.29) is 0 Å². The second-order valence-corrected chi connectivity index (χ2v) is 3.36. The van der Waals surface area contributed by atoms with Crippen molar-refractivity contribution in [2.24, 2.45) is 0 Å². The average Bonchev–Trinajstić information content (AvgIpc) is 2.94. The Balaban J connectivity index is 2.12. The van der Waals surface area contributed by atoms with Gasteiger partial charge in [-0.25, -0.2) is 0 Å². The van der Waals surface area contributed by atoms with Crippen LogP contribution in [0.3, 0.4) is 0 Å². The van der Waals surface area contributed by atoms with Gasteiger partial charge in [0.2, 0.25) is 12.2 Å². The summed E-state index contributed by atoms with van der Waals surface area (Å²) in [5, 5.41) is 11.7. The zero-order valence-corrected chi connectivity index (χ0v) is 7.42. The molecule has 0 radical (unpaired) electrons. The molecule has 0 saturated heterocycles. The highest BCUT2D eigenvalue weighted by Gasteiger charge is 2.28. The molecule has 70 valence electrons. The van der Waals surface area contributed by atoms with E-state index in [9.17, 15) is 0 Å². The fraction of sp³-hybridized carbons (Fsp3) is 0.333. The Kier molecular flexibility index (Phi) is 1.56. The molecule has 5 heteroatoms. The summed E-state index contributed by atoms with van der Waals surface area (Å²) in [5.41, 5.74) is 1.94. The van der Waals surface area contributed by atoms with Crippen molar-refractivity contribution in [3.8, 4) is 11.5 Å². The normalized spacial score (nSPS) is 15.7. The highest BCUT2D eigenvalue weighted by molar-refractivity contribution is 5.54. The molecule has 0 amide bonds. The van der Waals surface area contributed by atoms with Gasteiger partial charge in [0.05, 0.1) is 0 Å². The summed E-state index contributed by atoms with van der Waals surface area (Å²) in [6.45, 7) is 0. The van der Waals surface area contributed by atoms with Gasteiger partial charge in [0.1, 0.15) is 5.69 Å². The van der Waals surface area contributed by atoms with E-state index in [0.29, 0.717) is 11.7 Å². The zero-order valence-electron chi connectivity index (χ0n) is 7.42. The third kappa shape index (κ3) is 1.17.